The first kappa shape index (κ1) is 14.7. The molecule has 2 saturated heterocycles. The number of anilines is 1. The Bertz CT molecular complexity index is 508. The molecule has 1 aromatic carbocycles. The molecule has 0 aromatic heterocycles. The van der Waals surface area contributed by atoms with Crippen molar-refractivity contribution in [2.45, 2.75) is 30.2 Å². The molecule has 0 radical (unpaired) electrons. The fourth-order valence-electron chi connectivity index (χ4n) is 3.24. The van der Waals surface area contributed by atoms with Gasteiger partial charge in [0.1, 0.15) is 0 Å². The van der Waals surface area contributed by atoms with E-state index in [1.807, 2.05) is 29.4 Å². The van der Waals surface area contributed by atoms with Crippen LogP contribution in [0.5, 0.6) is 0 Å². The second-order valence-electron chi connectivity index (χ2n) is 5.79. The zero-order chi connectivity index (χ0) is 14.7. The third-order valence-electron chi connectivity index (χ3n) is 4.45. The summed E-state index contributed by atoms with van der Waals surface area (Å²) in [5.41, 5.74) is 0.887. The van der Waals surface area contributed by atoms with Crippen LogP contribution in [0.1, 0.15) is 19.3 Å². The Labute approximate surface area is 130 Å². The molecule has 0 bridgehead atoms. The van der Waals surface area contributed by atoms with E-state index in [1.54, 1.807) is 11.8 Å². The Balaban J connectivity index is 1.60. The van der Waals surface area contributed by atoms with E-state index in [1.165, 1.54) is 30.7 Å². The molecule has 5 heteroatoms. The summed E-state index contributed by atoms with van der Waals surface area (Å²) in [6.45, 7) is 3.93. The molecule has 2 aliphatic heterocycles. The van der Waals surface area contributed by atoms with Crippen LogP contribution < -0.4 is 5.32 Å². The summed E-state index contributed by atoms with van der Waals surface area (Å²) in [6.07, 6.45) is 5.88. The maximum atomic E-state index is 12.4. The number of amides is 2. The molecule has 0 spiro atoms. The van der Waals surface area contributed by atoms with E-state index < -0.39 is 0 Å². The summed E-state index contributed by atoms with van der Waals surface area (Å²) < 4.78 is 0. The van der Waals surface area contributed by atoms with Crippen molar-refractivity contribution in [3.8, 4) is 0 Å². The minimum absolute atomic E-state index is 0.0403. The average molecular weight is 305 g/mol. The number of urea groups is 1. The van der Waals surface area contributed by atoms with Crippen LogP contribution in [0.15, 0.2) is 29.2 Å². The predicted molar refractivity (Wildman–Crippen MR) is 88.0 cm³/mol. The number of nitrogens with one attached hydrogen (secondary N) is 1. The second kappa shape index (κ2) is 6.71. The molecule has 21 heavy (non-hydrogen) atoms. The largest absolute Gasteiger partial charge is 0.322 e. The fourth-order valence-corrected chi connectivity index (χ4v) is 3.70. The van der Waals surface area contributed by atoms with Gasteiger partial charge in [-0.05, 0) is 43.8 Å². The smallest absolute Gasteiger partial charge is 0.321 e. The van der Waals surface area contributed by atoms with Gasteiger partial charge in [0.25, 0.3) is 0 Å². The van der Waals surface area contributed by atoms with E-state index in [0.717, 1.165) is 25.3 Å². The van der Waals surface area contributed by atoms with Crippen molar-refractivity contribution < 1.29 is 4.79 Å². The third-order valence-corrected chi connectivity index (χ3v) is 5.17. The summed E-state index contributed by atoms with van der Waals surface area (Å²) >= 11 is 1.69. The Kier molecular flexibility index (Phi) is 4.70. The van der Waals surface area contributed by atoms with Crippen molar-refractivity contribution in [3.05, 3.63) is 24.3 Å². The van der Waals surface area contributed by atoms with Gasteiger partial charge >= 0.3 is 6.03 Å². The number of thioether (sulfide) groups is 1. The molecule has 1 aromatic rings. The summed E-state index contributed by atoms with van der Waals surface area (Å²) in [5.74, 6) is 0. The number of piperazine rings is 1. The SMILES string of the molecule is CSc1cccc(NC(=O)N2CCN3CCCCC3C2)c1. The molecule has 3 rings (SSSR count). The molecule has 2 fully saturated rings. The number of carbonyl (C=O) groups excluding carboxylic acids is 1. The molecular weight excluding hydrogens is 282 g/mol. The summed E-state index contributed by atoms with van der Waals surface area (Å²) in [6, 6.07) is 8.63. The van der Waals surface area contributed by atoms with Gasteiger partial charge in [0.15, 0.2) is 0 Å². The highest BCUT2D eigenvalue weighted by Crippen LogP contribution is 2.22. The van der Waals surface area contributed by atoms with Crippen molar-refractivity contribution in [1.82, 2.24) is 9.80 Å². The predicted octanol–water partition coefficient (Wildman–Crippen LogP) is 3.11. The number of piperidine rings is 1. The van der Waals surface area contributed by atoms with Gasteiger partial charge in [0, 0.05) is 36.3 Å². The number of benzene rings is 1. The van der Waals surface area contributed by atoms with E-state index in [-0.39, 0.29) is 6.03 Å². The van der Waals surface area contributed by atoms with Gasteiger partial charge in [-0.1, -0.05) is 12.5 Å². The molecule has 1 unspecified atom stereocenters. The molecule has 2 aliphatic rings. The van der Waals surface area contributed by atoms with Crippen LogP contribution in [0.2, 0.25) is 0 Å². The van der Waals surface area contributed by atoms with E-state index in [2.05, 4.69) is 16.3 Å². The molecule has 2 heterocycles. The zero-order valence-corrected chi connectivity index (χ0v) is 13.4. The topological polar surface area (TPSA) is 35.6 Å². The van der Waals surface area contributed by atoms with Gasteiger partial charge in [-0.15, -0.1) is 11.8 Å². The van der Waals surface area contributed by atoms with Gasteiger partial charge in [0.05, 0.1) is 0 Å². The second-order valence-corrected chi connectivity index (χ2v) is 6.67. The minimum Gasteiger partial charge on any atom is -0.322 e. The molecule has 2 amide bonds. The number of rotatable bonds is 2. The number of hydrogen-bond donors (Lipinski definition) is 1. The summed E-state index contributed by atoms with van der Waals surface area (Å²) in [7, 11) is 0. The average Bonchev–Trinajstić information content (AvgIpc) is 2.54. The lowest BCUT2D eigenvalue weighted by Gasteiger charge is -2.43. The Morgan fingerprint density at radius 1 is 1.29 bits per heavy atom. The first-order valence-corrected chi connectivity index (χ1v) is 8.93. The number of hydrogen-bond acceptors (Lipinski definition) is 3. The normalized spacial score (nSPS) is 22.7. The standard InChI is InChI=1S/C16H23N3OS/c1-21-15-7-4-5-13(11-15)17-16(20)19-10-9-18-8-3-2-6-14(18)12-19/h4-5,7,11,14H,2-3,6,8-10,12H2,1H3,(H,17,20). The maximum absolute atomic E-state index is 12.4. The quantitative estimate of drug-likeness (QED) is 0.853. The molecule has 0 aliphatic carbocycles. The van der Waals surface area contributed by atoms with E-state index in [0.29, 0.717) is 6.04 Å². The highest BCUT2D eigenvalue weighted by atomic mass is 32.2. The van der Waals surface area contributed by atoms with Crippen LogP contribution in [0, 0.1) is 0 Å². The van der Waals surface area contributed by atoms with Gasteiger partial charge in [-0.3, -0.25) is 4.90 Å². The van der Waals surface area contributed by atoms with Gasteiger partial charge in [-0.25, -0.2) is 4.79 Å². The maximum Gasteiger partial charge on any atom is 0.321 e. The molecule has 0 saturated carbocycles. The third kappa shape index (κ3) is 3.52. The van der Waals surface area contributed by atoms with Gasteiger partial charge < -0.3 is 10.2 Å². The van der Waals surface area contributed by atoms with Crippen LogP contribution in [-0.4, -0.2) is 54.3 Å². The zero-order valence-electron chi connectivity index (χ0n) is 12.5. The fraction of sp³-hybridized carbons (Fsp3) is 0.562. The van der Waals surface area contributed by atoms with E-state index in [9.17, 15) is 4.79 Å². The highest BCUT2D eigenvalue weighted by Gasteiger charge is 2.30. The minimum atomic E-state index is 0.0403. The van der Waals surface area contributed by atoms with E-state index in [4.69, 9.17) is 0 Å². The lowest BCUT2D eigenvalue weighted by molar-refractivity contribution is 0.0678. The van der Waals surface area contributed by atoms with Gasteiger partial charge in [-0.2, -0.15) is 0 Å². The first-order chi connectivity index (χ1) is 10.3. The number of fused-ring (bicyclic) bond motifs is 1. The highest BCUT2D eigenvalue weighted by molar-refractivity contribution is 7.98. The Morgan fingerprint density at radius 3 is 3.05 bits per heavy atom. The van der Waals surface area contributed by atoms with Crippen molar-refractivity contribution in [3.63, 3.8) is 0 Å². The first-order valence-electron chi connectivity index (χ1n) is 7.70. The molecular formula is C16H23N3OS. The Hall–Kier alpha value is -1.20. The lowest BCUT2D eigenvalue weighted by atomic mass is 10.00. The summed E-state index contributed by atoms with van der Waals surface area (Å²) in [5, 5.41) is 3.04. The molecule has 1 atom stereocenters. The summed E-state index contributed by atoms with van der Waals surface area (Å²) in [4.78, 5) is 18.1. The monoisotopic (exact) mass is 305 g/mol. The van der Waals surface area contributed by atoms with Gasteiger partial charge in [0.2, 0.25) is 0 Å². The van der Waals surface area contributed by atoms with Crippen LogP contribution in [0.4, 0.5) is 10.5 Å². The lowest BCUT2D eigenvalue weighted by Crippen LogP contribution is -2.56. The molecule has 1 N–H and O–H groups in total. The number of carbonyl (C=O) groups is 1. The van der Waals surface area contributed by atoms with Crippen molar-refractivity contribution in [2.24, 2.45) is 0 Å². The van der Waals surface area contributed by atoms with Crippen molar-refractivity contribution in [1.29, 1.82) is 0 Å². The van der Waals surface area contributed by atoms with Crippen molar-refractivity contribution in [2.75, 3.05) is 37.8 Å². The van der Waals surface area contributed by atoms with Crippen molar-refractivity contribution >= 4 is 23.5 Å². The van der Waals surface area contributed by atoms with Crippen LogP contribution in [0.25, 0.3) is 0 Å². The Morgan fingerprint density at radius 2 is 2.19 bits per heavy atom. The van der Waals surface area contributed by atoms with E-state index >= 15 is 0 Å². The molecule has 4 nitrogen and oxygen atoms in total. The molecule has 114 valence electrons. The van der Waals surface area contributed by atoms with Crippen LogP contribution >= 0.6 is 11.8 Å². The van der Waals surface area contributed by atoms with Crippen LogP contribution in [0.3, 0.4) is 0 Å². The van der Waals surface area contributed by atoms with Crippen LogP contribution in [-0.2, 0) is 0 Å². The number of nitrogens with zero attached hydrogens (tertiary/aromatic N) is 2.